The zero-order valence-corrected chi connectivity index (χ0v) is 11.6. The van der Waals surface area contributed by atoms with Crippen LogP contribution in [0.1, 0.15) is 10.4 Å². The Morgan fingerprint density at radius 2 is 2.35 bits per heavy atom. The van der Waals surface area contributed by atoms with Crippen molar-refractivity contribution in [2.75, 3.05) is 19.0 Å². The van der Waals surface area contributed by atoms with E-state index in [0.717, 1.165) is 0 Å². The predicted octanol–water partition coefficient (Wildman–Crippen LogP) is 2.14. The molecule has 106 valence electrons. The highest BCUT2D eigenvalue weighted by atomic mass is 35.5. The van der Waals surface area contributed by atoms with Crippen LogP contribution in [0.15, 0.2) is 30.6 Å². The Balaban J connectivity index is 2.03. The minimum Gasteiger partial charge on any atom is -0.506 e. The summed E-state index contributed by atoms with van der Waals surface area (Å²) in [6, 6.07) is 4.27. The van der Waals surface area contributed by atoms with Crippen LogP contribution < -0.4 is 5.32 Å². The highest BCUT2D eigenvalue weighted by Gasteiger charge is 2.09. The SMILES string of the molecule is COCCn1cc(NC(=O)c2ccc(O)c(Cl)c2)cn1. The number of aromatic hydroxyl groups is 1. The van der Waals surface area contributed by atoms with E-state index in [9.17, 15) is 9.90 Å². The van der Waals surface area contributed by atoms with Crippen molar-refractivity contribution in [3.05, 3.63) is 41.2 Å². The Bertz CT molecular complexity index is 613. The van der Waals surface area contributed by atoms with Gasteiger partial charge in [-0.15, -0.1) is 0 Å². The van der Waals surface area contributed by atoms with Crippen LogP contribution in [0, 0.1) is 0 Å². The molecule has 1 aromatic carbocycles. The number of phenolic OH excluding ortho intramolecular Hbond substituents is 1. The van der Waals surface area contributed by atoms with Gasteiger partial charge in [-0.3, -0.25) is 9.48 Å². The predicted molar refractivity (Wildman–Crippen MR) is 75.2 cm³/mol. The third-order valence-corrected chi connectivity index (χ3v) is 2.93. The van der Waals surface area contributed by atoms with E-state index in [4.69, 9.17) is 16.3 Å². The summed E-state index contributed by atoms with van der Waals surface area (Å²) in [5.41, 5.74) is 0.938. The Morgan fingerprint density at radius 3 is 3.05 bits per heavy atom. The molecule has 1 aromatic heterocycles. The maximum atomic E-state index is 12.0. The minimum absolute atomic E-state index is 0.0596. The molecule has 2 aromatic rings. The lowest BCUT2D eigenvalue weighted by Gasteiger charge is -2.04. The van der Waals surface area contributed by atoms with Crippen LogP contribution in [0.25, 0.3) is 0 Å². The second-order valence-electron chi connectivity index (χ2n) is 4.11. The topological polar surface area (TPSA) is 76.4 Å². The average molecular weight is 296 g/mol. The number of benzene rings is 1. The number of amides is 1. The number of phenols is 1. The van der Waals surface area contributed by atoms with Gasteiger partial charge in [0.1, 0.15) is 5.75 Å². The standard InChI is InChI=1S/C13H14ClN3O3/c1-20-5-4-17-8-10(7-15-17)16-13(19)9-2-3-12(18)11(14)6-9/h2-3,6-8,18H,4-5H2,1H3,(H,16,19). The zero-order chi connectivity index (χ0) is 14.5. The van der Waals surface area contributed by atoms with Gasteiger partial charge in [0.25, 0.3) is 5.91 Å². The highest BCUT2D eigenvalue weighted by molar-refractivity contribution is 6.32. The van der Waals surface area contributed by atoms with Gasteiger partial charge in [-0.1, -0.05) is 11.6 Å². The quantitative estimate of drug-likeness (QED) is 0.886. The molecule has 2 rings (SSSR count). The molecule has 1 amide bonds. The van der Waals surface area contributed by atoms with E-state index < -0.39 is 0 Å². The fourth-order valence-electron chi connectivity index (χ4n) is 1.59. The summed E-state index contributed by atoms with van der Waals surface area (Å²) >= 11 is 5.76. The molecule has 0 fully saturated rings. The summed E-state index contributed by atoms with van der Waals surface area (Å²) in [5.74, 6) is -0.381. The second-order valence-corrected chi connectivity index (χ2v) is 4.51. The van der Waals surface area contributed by atoms with E-state index in [1.807, 2.05) is 0 Å². The number of methoxy groups -OCH3 is 1. The molecule has 0 saturated heterocycles. The van der Waals surface area contributed by atoms with Crippen LogP contribution in [-0.2, 0) is 11.3 Å². The molecule has 0 atom stereocenters. The number of halogens is 1. The highest BCUT2D eigenvalue weighted by Crippen LogP contribution is 2.24. The van der Waals surface area contributed by atoms with E-state index in [0.29, 0.717) is 24.4 Å². The molecule has 0 bridgehead atoms. The summed E-state index contributed by atoms with van der Waals surface area (Å²) in [4.78, 5) is 12.0. The summed E-state index contributed by atoms with van der Waals surface area (Å²) < 4.78 is 6.61. The van der Waals surface area contributed by atoms with Gasteiger partial charge in [-0.05, 0) is 18.2 Å². The van der Waals surface area contributed by atoms with Crippen LogP contribution in [0.4, 0.5) is 5.69 Å². The second kappa shape index (κ2) is 6.40. The first-order chi connectivity index (χ1) is 9.60. The van der Waals surface area contributed by atoms with E-state index in [1.165, 1.54) is 18.2 Å². The first-order valence-corrected chi connectivity index (χ1v) is 6.29. The maximum absolute atomic E-state index is 12.0. The molecule has 7 heteroatoms. The summed E-state index contributed by atoms with van der Waals surface area (Å²) in [7, 11) is 1.61. The number of carbonyl (C=O) groups excluding carboxylic acids is 1. The average Bonchev–Trinajstić information content (AvgIpc) is 2.87. The molecule has 0 aliphatic carbocycles. The van der Waals surface area contributed by atoms with Crippen LogP contribution in [-0.4, -0.2) is 34.5 Å². The van der Waals surface area contributed by atoms with Crippen molar-refractivity contribution in [3.63, 3.8) is 0 Å². The summed E-state index contributed by atoms with van der Waals surface area (Å²) in [5, 5.41) is 16.2. The van der Waals surface area contributed by atoms with Crippen molar-refractivity contribution < 1.29 is 14.6 Å². The van der Waals surface area contributed by atoms with Crippen LogP contribution >= 0.6 is 11.6 Å². The Labute approximate surface area is 120 Å². The van der Waals surface area contributed by atoms with Gasteiger partial charge >= 0.3 is 0 Å². The van der Waals surface area contributed by atoms with Gasteiger partial charge in [0.2, 0.25) is 0 Å². The van der Waals surface area contributed by atoms with Crippen LogP contribution in [0.5, 0.6) is 5.75 Å². The fraction of sp³-hybridized carbons (Fsp3) is 0.231. The van der Waals surface area contributed by atoms with Gasteiger partial charge in [0, 0.05) is 18.9 Å². The molecule has 6 nitrogen and oxygen atoms in total. The zero-order valence-electron chi connectivity index (χ0n) is 10.8. The number of rotatable bonds is 5. The molecule has 0 radical (unpaired) electrons. The number of hydrogen-bond donors (Lipinski definition) is 2. The van der Waals surface area contributed by atoms with Gasteiger partial charge in [0.05, 0.1) is 30.1 Å². The lowest BCUT2D eigenvalue weighted by atomic mass is 10.2. The van der Waals surface area contributed by atoms with E-state index in [2.05, 4.69) is 10.4 Å². The molecular weight excluding hydrogens is 282 g/mol. The normalized spacial score (nSPS) is 10.5. The number of nitrogens with zero attached hydrogens (tertiary/aromatic N) is 2. The number of aromatic nitrogens is 2. The minimum atomic E-state index is -0.321. The lowest BCUT2D eigenvalue weighted by Crippen LogP contribution is -2.11. The van der Waals surface area contributed by atoms with E-state index in [1.54, 1.807) is 24.2 Å². The van der Waals surface area contributed by atoms with Crippen molar-refractivity contribution >= 4 is 23.2 Å². The van der Waals surface area contributed by atoms with Crippen molar-refractivity contribution in [2.45, 2.75) is 6.54 Å². The van der Waals surface area contributed by atoms with Crippen LogP contribution in [0.3, 0.4) is 0 Å². The number of ether oxygens (including phenoxy) is 1. The molecule has 20 heavy (non-hydrogen) atoms. The number of nitrogens with one attached hydrogen (secondary N) is 1. The van der Waals surface area contributed by atoms with Crippen molar-refractivity contribution in [2.24, 2.45) is 0 Å². The van der Waals surface area contributed by atoms with Gasteiger partial charge in [0.15, 0.2) is 0 Å². The largest absolute Gasteiger partial charge is 0.506 e. The fourth-order valence-corrected chi connectivity index (χ4v) is 1.77. The molecule has 0 aliphatic heterocycles. The Hall–Kier alpha value is -2.05. The maximum Gasteiger partial charge on any atom is 0.255 e. The van der Waals surface area contributed by atoms with E-state index >= 15 is 0 Å². The van der Waals surface area contributed by atoms with Gasteiger partial charge < -0.3 is 15.2 Å². The van der Waals surface area contributed by atoms with Gasteiger partial charge in [-0.25, -0.2) is 0 Å². The monoisotopic (exact) mass is 295 g/mol. The first kappa shape index (κ1) is 14.4. The van der Waals surface area contributed by atoms with Gasteiger partial charge in [-0.2, -0.15) is 5.10 Å². The molecule has 0 aliphatic rings. The van der Waals surface area contributed by atoms with E-state index in [-0.39, 0.29) is 16.7 Å². The molecule has 0 spiro atoms. The number of anilines is 1. The number of carbonyl (C=O) groups is 1. The molecule has 2 N–H and O–H groups in total. The Kier molecular flexibility index (Phi) is 4.60. The summed E-state index contributed by atoms with van der Waals surface area (Å²) in [6.45, 7) is 1.15. The van der Waals surface area contributed by atoms with Crippen molar-refractivity contribution in [1.82, 2.24) is 9.78 Å². The first-order valence-electron chi connectivity index (χ1n) is 5.91. The summed E-state index contributed by atoms with van der Waals surface area (Å²) in [6.07, 6.45) is 3.26. The third kappa shape index (κ3) is 3.49. The van der Waals surface area contributed by atoms with Crippen LogP contribution in [0.2, 0.25) is 5.02 Å². The molecular formula is C13H14ClN3O3. The van der Waals surface area contributed by atoms with Crippen molar-refractivity contribution in [1.29, 1.82) is 0 Å². The van der Waals surface area contributed by atoms with Crippen molar-refractivity contribution in [3.8, 4) is 5.75 Å². The lowest BCUT2D eigenvalue weighted by molar-refractivity contribution is 0.102. The molecule has 0 unspecified atom stereocenters. The third-order valence-electron chi connectivity index (χ3n) is 2.63. The Morgan fingerprint density at radius 1 is 1.55 bits per heavy atom. The smallest absolute Gasteiger partial charge is 0.255 e. The molecule has 0 saturated carbocycles. The number of hydrogen-bond acceptors (Lipinski definition) is 4. The molecule has 1 heterocycles.